The number of hydrogen-bond acceptors (Lipinski definition) is 8. The molecule has 2 heterocycles. The average molecular weight is 643 g/mol. The Bertz CT molecular complexity index is 1470. The minimum atomic E-state index is -0.367. The third-order valence-electron chi connectivity index (χ3n) is 13.6. The van der Waals surface area contributed by atoms with Gasteiger partial charge in [0, 0.05) is 63.2 Å². The van der Waals surface area contributed by atoms with Gasteiger partial charge in [-0.15, -0.1) is 0 Å². The van der Waals surface area contributed by atoms with Crippen LogP contribution < -0.4 is 14.7 Å². The Balaban J connectivity index is 1.15. The van der Waals surface area contributed by atoms with Crippen molar-refractivity contribution in [1.29, 1.82) is 0 Å². The van der Waals surface area contributed by atoms with E-state index in [9.17, 15) is 9.59 Å². The molecule has 8 heteroatoms. The van der Waals surface area contributed by atoms with Crippen molar-refractivity contribution in [3.8, 4) is 0 Å². The zero-order valence-corrected chi connectivity index (χ0v) is 30.3. The summed E-state index contributed by atoms with van der Waals surface area (Å²) in [5.74, 6) is 3.65. The van der Waals surface area contributed by atoms with E-state index in [1.54, 1.807) is 6.08 Å². The number of rotatable bonds is 10. The zero-order chi connectivity index (χ0) is 33.7. The highest BCUT2D eigenvalue weighted by atomic mass is 16.1. The van der Waals surface area contributed by atoms with Gasteiger partial charge in [-0.1, -0.05) is 44.1 Å². The van der Waals surface area contributed by atoms with Gasteiger partial charge in [0.15, 0.2) is 17.4 Å². The predicted molar refractivity (Wildman–Crippen MR) is 192 cm³/mol. The third kappa shape index (κ3) is 5.37. The lowest BCUT2D eigenvalue weighted by Gasteiger charge is -2.54. The minimum Gasteiger partial charge on any atom is -0.368 e. The molecule has 1 unspecified atom stereocenters. The Kier molecular flexibility index (Phi) is 9.22. The molecule has 5 aliphatic rings. The Labute approximate surface area is 283 Å². The predicted octanol–water partition coefficient (Wildman–Crippen LogP) is 6.34. The number of allylic oxidation sites excluding steroid dienone is 6. The summed E-state index contributed by atoms with van der Waals surface area (Å²) in [7, 11) is 0. The number of carbonyl (C=O) groups is 2. The van der Waals surface area contributed by atoms with Gasteiger partial charge < -0.3 is 14.7 Å². The van der Waals surface area contributed by atoms with Crippen molar-refractivity contribution in [3.63, 3.8) is 0 Å². The number of nitrogens with zero attached hydrogens (tertiary/aromatic N) is 6. The molecule has 0 bridgehead atoms. The first-order chi connectivity index (χ1) is 22.4. The maximum atomic E-state index is 14.5. The van der Waals surface area contributed by atoms with Crippen LogP contribution in [0.4, 0.5) is 17.5 Å². The Morgan fingerprint density at radius 3 is 2.34 bits per heavy atom. The molecule has 0 N–H and O–H groups in total. The summed E-state index contributed by atoms with van der Waals surface area (Å²) in [6, 6.07) is 0. The second-order valence-corrected chi connectivity index (χ2v) is 15.4. The molecule has 4 aliphatic carbocycles. The van der Waals surface area contributed by atoms with Crippen molar-refractivity contribution in [1.82, 2.24) is 14.9 Å². The van der Waals surface area contributed by atoms with Crippen LogP contribution in [-0.2, 0) is 9.59 Å². The number of piperazine rings is 1. The van der Waals surface area contributed by atoms with E-state index in [1.165, 1.54) is 11.1 Å². The van der Waals surface area contributed by atoms with Gasteiger partial charge in [0.25, 0.3) is 0 Å². The van der Waals surface area contributed by atoms with Crippen LogP contribution in [0.5, 0.6) is 0 Å². The lowest BCUT2D eigenvalue weighted by molar-refractivity contribution is -0.139. The summed E-state index contributed by atoms with van der Waals surface area (Å²) in [5.41, 5.74) is 3.30. The van der Waals surface area contributed by atoms with E-state index in [0.29, 0.717) is 30.1 Å². The van der Waals surface area contributed by atoms with Gasteiger partial charge >= 0.3 is 0 Å². The number of hydrogen-bond donors (Lipinski definition) is 0. The van der Waals surface area contributed by atoms with Gasteiger partial charge in [-0.2, -0.15) is 4.98 Å². The Morgan fingerprint density at radius 2 is 1.68 bits per heavy atom. The fourth-order valence-electron chi connectivity index (χ4n) is 10.2. The van der Waals surface area contributed by atoms with Gasteiger partial charge in [0.2, 0.25) is 5.95 Å². The summed E-state index contributed by atoms with van der Waals surface area (Å²) >= 11 is 0. The van der Waals surface area contributed by atoms with Crippen molar-refractivity contribution < 1.29 is 9.59 Å². The van der Waals surface area contributed by atoms with Crippen molar-refractivity contribution in [2.75, 3.05) is 73.6 Å². The summed E-state index contributed by atoms with van der Waals surface area (Å²) in [6.45, 7) is 25.6. The number of Topliss-reactive ketones (excluding diaryl/α,β-unsaturated/α-hetero) is 1. The van der Waals surface area contributed by atoms with E-state index in [-0.39, 0.29) is 22.0 Å². The third-order valence-corrected chi connectivity index (χ3v) is 13.6. The zero-order valence-electron chi connectivity index (χ0n) is 30.3. The lowest BCUT2D eigenvalue weighted by atomic mass is 9.49. The van der Waals surface area contributed by atoms with E-state index in [2.05, 4.69) is 87.1 Å². The molecule has 0 aromatic carbocycles. The molecule has 6 rings (SSSR count). The first-order valence-corrected chi connectivity index (χ1v) is 18.5. The molecule has 1 saturated heterocycles. The number of carbonyl (C=O) groups excluding carboxylic acids is 2. The highest BCUT2D eigenvalue weighted by Gasteiger charge is 2.65. The van der Waals surface area contributed by atoms with Crippen LogP contribution in [0.15, 0.2) is 41.6 Å². The molecule has 8 nitrogen and oxygen atoms in total. The Hall–Kier alpha value is -3.00. The van der Waals surface area contributed by atoms with Crippen LogP contribution in [0.2, 0.25) is 0 Å². The van der Waals surface area contributed by atoms with Crippen molar-refractivity contribution in [3.05, 3.63) is 41.6 Å². The van der Waals surface area contributed by atoms with E-state index in [0.717, 1.165) is 95.5 Å². The summed E-state index contributed by atoms with van der Waals surface area (Å²) in [6.07, 6.45) is 14.4. The van der Waals surface area contributed by atoms with Crippen LogP contribution in [0.1, 0.15) is 81.1 Å². The average Bonchev–Trinajstić information content (AvgIpc) is 3.28. The number of fused-ring (bicyclic) bond motifs is 5. The van der Waals surface area contributed by atoms with Crippen LogP contribution >= 0.6 is 0 Å². The molecule has 2 saturated carbocycles. The number of aromatic nitrogens is 2. The second-order valence-electron chi connectivity index (χ2n) is 15.4. The van der Waals surface area contributed by atoms with Crippen LogP contribution in [0, 0.1) is 34.0 Å². The topological polar surface area (TPSA) is 72.9 Å². The minimum absolute atomic E-state index is 0.0630. The SMILES string of the molecule is CCN(CC)c1cnc(N2CCN(CC(=O)[C@@]3(C)C(C)C[C@H]4[C@@H]5CCC6=CC(=O)C=C[C@]6(C)C5=CC[C@@]43C)CC2)nc1N(CC)CC. The largest absolute Gasteiger partial charge is 0.368 e. The van der Waals surface area contributed by atoms with Crippen LogP contribution in [0.3, 0.4) is 0 Å². The first kappa shape index (κ1) is 33.9. The molecule has 3 fully saturated rings. The van der Waals surface area contributed by atoms with Crippen molar-refractivity contribution in [2.24, 2.45) is 34.0 Å². The van der Waals surface area contributed by atoms with Crippen molar-refractivity contribution >= 4 is 29.0 Å². The van der Waals surface area contributed by atoms with E-state index < -0.39 is 0 Å². The quantitative estimate of drug-likeness (QED) is 0.274. The molecule has 0 radical (unpaired) electrons. The maximum absolute atomic E-state index is 14.5. The fraction of sp³-hybridized carbons (Fsp3) is 0.692. The van der Waals surface area contributed by atoms with E-state index in [1.807, 2.05) is 12.3 Å². The van der Waals surface area contributed by atoms with Crippen LogP contribution in [-0.4, -0.2) is 85.3 Å². The maximum Gasteiger partial charge on any atom is 0.227 e. The van der Waals surface area contributed by atoms with Gasteiger partial charge in [-0.05, 0) is 95.6 Å². The normalized spacial score (nSPS) is 33.5. The first-order valence-electron chi connectivity index (χ1n) is 18.5. The Morgan fingerprint density at radius 1 is 1.00 bits per heavy atom. The summed E-state index contributed by atoms with van der Waals surface area (Å²) in [5, 5.41) is 0. The molecule has 0 amide bonds. The molecule has 1 aromatic rings. The van der Waals surface area contributed by atoms with E-state index in [4.69, 9.17) is 9.97 Å². The summed E-state index contributed by atoms with van der Waals surface area (Å²) in [4.78, 5) is 46.0. The molecular weight excluding hydrogens is 584 g/mol. The fourth-order valence-corrected chi connectivity index (χ4v) is 10.2. The van der Waals surface area contributed by atoms with Gasteiger partial charge in [0.05, 0.1) is 18.4 Å². The monoisotopic (exact) mass is 642 g/mol. The van der Waals surface area contributed by atoms with Gasteiger partial charge in [-0.25, -0.2) is 4.98 Å². The highest BCUT2D eigenvalue weighted by Crippen LogP contribution is 2.69. The second kappa shape index (κ2) is 12.8. The summed E-state index contributed by atoms with van der Waals surface area (Å²) < 4.78 is 0. The molecule has 1 aromatic heterocycles. The molecular formula is C39H58N6O2. The lowest BCUT2D eigenvalue weighted by Crippen LogP contribution is -2.54. The van der Waals surface area contributed by atoms with E-state index >= 15 is 0 Å². The molecule has 1 aliphatic heterocycles. The van der Waals surface area contributed by atoms with Gasteiger partial charge in [0.1, 0.15) is 0 Å². The molecule has 6 atom stereocenters. The molecule has 47 heavy (non-hydrogen) atoms. The highest BCUT2D eigenvalue weighted by molar-refractivity contribution is 6.01. The molecule has 256 valence electrons. The van der Waals surface area contributed by atoms with Gasteiger partial charge in [-0.3, -0.25) is 14.5 Å². The number of anilines is 3. The van der Waals surface area contributed by atoms with Crippen LogP contribution in [0.25, 0.3) is 0 Å². The standard InChI is InChI=1S/C39H58N6O2/c1-9-43(10-2)33-25-40-36(41-35(33)44(11-3)12-4)45-21-19-42(20-22-45)26-34(47)39(8)27(5)23-32-30-14-13-28-24-29(46)15-17-37(28,6)31(30)16-18-38(32,39)7/h15-17,24-25,27,30,32H,9-14,18-23,26H2,1-8H3/t27?,30-,32+,37+,38+,39-/m1/s1. The van der Waals surface area contributed by atoms with Crippen molar-refractivity contribution in [2.45, 2.75) is 81.1 Å². The number of ketones is 2. The molecule has 0 spiro atoms. The smallest absolute Gasteiger partial charge is 0.227 e.